The third kappa shape index (κ3) is 6.17. The molecule has 1 atom stereocenters. The van der Waals surface area contributed by atoms with E-state index in [9.17, 15) is 14.4 Å². The van der Waals surface area contributed by atoms with E-state index in [0.29, 0.717) is 22.9 Å². The number of anilines is 2. The number of hydrogen-bond acceptors (Lipinski definition) is 4. The van der Waals surface area contributed by atoms with E-state index in [1.165, 1.54) is 13.8 Å². The van der Waals surface area contributed by atoms with Crippen molar-refractivity contribution in [3.8, 4) is 0 Å². The minimum Gasteiger partial charge on any atom is -0.449 e. The van der Waals surface area contributed by atoms with Crippen LogP contribution in [0.3, 0.4) is 0 Å². The van der Waals surface area contributed by atoms with Crippen molar-refractivity contribution in [2.75, 3.05) is 10.6 Å². The molecule has 2 rings (SSSR count). The van der Waals surface area contributed by atoms with Crippen LogP contribution in [0.15, 0.2) is 42.5 Å². The SMILES string of the molecule is CC(=O)Nc1ccc(NC(=O)[C@H](C)OC(=O)c2ccc(C(C)C)cc2C(C)C)cc1. The van der Waals surface area contributed by atoms with Crippen molar-refractivity contribution in [2.24, 2.45) is 0 Å². The van der Waals surface area contributed by atoms with Crippen molar-refractivity contribution in [2.45, 2.75) is 59.5 Å². The third-order valence-corrected chi connectivity index (χ3v) is 4.71. The smallest absolute Gasteiger partial charge is 0.339 e. The van der Waals surface area contributed by atoms with Crippen molar-refractivity contribution < 1.29 is 19.1 Å². The molecule has 0 saturated heterocycles. The fourth-order valence-electron chi connectivity index (χ4n) is 2.97. The molecule has 0 saturated carbocycles. The summed E-state index contributed by atoms with van der Waals surface area (Å²) < 4.78 is 5.43. The lowest BCUT2D eigenvalue weighted by Gasteiger charge is -2.18. The average Bonchev–Trinajstić information content (AvgIpc) is 2.68. The first kappa shape index (κ1) is 23.1. The van der Waals surface area contributed by atoms with E-state index < -0.39 is 18.0 Å². The summed E-state index contributed by atoms with van der Waals surface area (Å²) in [6, 6.07) is 12.4. The van der Waals surface area contributed by atoms with Gasteiger partial charge in [-0.3, -0.25) is 9.59 Å². The van der Waals surface area contributed by atoms with Crippen LogP contribution in [0.25, 0.3) is 0 Å². The highest BCUT2D eigenvalue weighted by Gasteiger charge is 2.22. The molecule has 30 heavy (non-hydrogen) atoms. The van der Waals surface area contributed by atoms with Gasteiger partial charge in [0.25, 0.3) is 5.91 Å². The Morgan fingerprint density at radius 1 is 0.800 bits per heavy atom. The molecule has 2 aromatic rings. The maximum absolute atomic E-state index is 12.7. The minimum absolute atomic E-state index is 0.150. The van der Waals surface area contributed by atoms with E-state index >= 15 is 0 Å². The van der Waals surface area contributed by atoms with Gasteiger partial charge in [-0.2, -0.15) is 0 Å². The first-order valence-corrected chi connectivity index (χ1v) is 10.1. The average molecular weight is 411 g/mol. The third-order valence-electron chi connectivity index (χ3n) is 4.71. The molecular weight excluding hydrogens is 380 g/mol. The van der Waals surface area contributed by atoms with Gasteiger partial charge in [-0.1, -0.05) is 39.8 Å². The van der Waals surface area contributed by atoms with Crippen LogP contribution < -0.4 is 10.6 Å². The molecule has 0 aliphatic carbocycles. The fraction of sp³-hybridized carbons (Fsp3) is 0.375. The second-order valence-electron chi connectivity index (χ2n) is 7.95. The summed E-state index contributed by atoms with van der Waals surface area (Å²) >= 11 is 0. The second kappa shape index (κ2) is 10.1. The number of carbonyl (C=O) groups excluding carboxylic acids is 3. The Bertz CT molecular complexity index is 917. The van der Waals surface area contributed by atoms with Crippen LogP contribution in [-0.2, 0) is 14.3 Å². The van der Waals surface area contributed by atoms with Gasteiger partial charge < -0.3 is 15.4 Å². The molecule has 0 fully saturated rings. The van der Waals surface area contributed by atoms with Gasteiger partial charge in [0.05, 0.1) is 5.56 Å². The fourth-order valence-corrected chi connectivity index (χ4v) is 2.97. The number of amides is 2. The van der Waals surface area contributed by atoms with Gasteiger partial charge in [-0.25, -0.2) is 4.79 Å². The normalized spacial score (nSPS) is 11.9. The van der Waals surface area contributed by atoms with E-state index in [0.717, 1.165) is 11.1 Å². The zero-order chi connectivity index (χ0) is 22.4. The van der Waals surface area contributed by atoms with Crippen LogP contribution in [0.2, 0.25) is 0 Å². The Hall–Kier alpha value is -3.15. The van der Waals surface area contributed by atoms with Crippen molar-refractivity contribution in [3.05, 3.63) is 59.2 Å². The van der Waals surface area contributed by atoms with Gasteiger partial charge in [0.1, 0.15) is 0 Å². The predicted molar refractivity (Wildman–Crippen MR) is 119 cm³/mol. The van der Waals surface area contributed by atoms with Gasteiger partial charge in [0.15, 0.2) is 6.10 Å². The highest BCUT2D eigenvalue weighted by molar-refractivity contribution is 5.98. The van der Waals surface area contributed by atoms with Gasteiger partial charge in [-0.05, 0) is 60.2 Å². The van der Waals surface area contributed by atoms with Crippen molar-refractivity contribution in [3.63, 3.8) is 0 Å². The molecule has 2 amide bonds. The highest BCUT2D eigenvalue weighted by atomic mass is 16.5. The number of nitrogens with one attached hydrogen (secondary N) is 2. The van der Waals surface area contributed by atoms with Crippen molar-refractivity contribution in [1.29, 1.82) is 0 Å². The molecule has 160 valence electrons. The Labute approximate surface area is 178 Å². The number of rotatable bonds is 7. The lowest BCUT2D eigenvalue weighted by Crippen LogP contribution is -2.30. The van der Waals surface area contributed by atoms with Crippen LogP contribution in [0.5, 0.6) is 0 Å². The van der Waals surface area contributed by atoms with E-state index in [1.807, 2.05) is 26.0 Å². The van der Waals surface area contributed by atoms with Crippen molar-refractivity contribution in [1.82, 2.24) is 0 Å². The number of ether oxygens (including phenoxy) is 1. The summed E-state index contributed by atoms with van der Waals surface area (Å²) in [6.07, 6.45) is -0.961. The van der Waals surface area contributed by atoms with E-state index in [1.54, 1.807) is 30.3 Å². The Morgan fingerprint density at radius 2 is 1.37 bits per heavy atom. The zero-order valence-corrected chi connectivity index (χ0v) is 18.4. The monoisotopic (exact) mass is 410 g/mol. The number of benzene rings is 2. The maximum Gasteiger partial charge on any atom is 0.339 e. The molecule has 0 heterocycles. The number of carbonyl (C=O) groups is 3. The summed E-state index contributed by atoms with van der Waals surface area (Å²) in [5.41, 5.74) is 3.72. The molecule has 0 spiro atoms. The molecule has 6 heteroatoms. The first-order chi connectivity index (χ1) is 14.1. The molecular formula is C24H30N2O4. The Kier molecular flexibility index (Phi) is 7.75. The molecule has 0 aromatic heterocycles. The van der Waals surface area contributed by atoms with Gasteiger partial charge in [-0.15, -0.1) is 0 Å². The van der Waals surface area contributed by atoms with Gasteiger partial charge >= 0.3 is 5.97 Å². The molecule has 0 bridgehead atoms. The summed E-state index contributed by atoms with van der Waals surface area (Å²) in [4.78, 5) is 36.2. The summed E-state index contributed by atoms with van der Waals surface area (Å²) in [5.74, 6) is -0.612. The van der Waals surface area contributed by atoms with Crippen LogP contribution in [-0.4, -0.2) is 23.9 Å². The van der Waals surface area contributed by atoms with E-state index in [2.05, 4.69) is 24.5 Å². The number of esters is 1. The lowest BCUT2D eigenvalue weighted by atomic mass is 9.91. The minimum atomic E-state index is -0.961. The van der Waals surface area contributed by atoms with Crippen LogP contribution in [0, 0.1) is 0 Å². The largest absolute Gasteiger partial charge is 0.449 e. The second-order valence-corrected chi connectivity index (χ2v) is 7.95. The highest BCUT2D eigenvalue weighted by Crippen LogP contribution is 2.26. The van der Waals surface area contributed by atoms with E-state index in [-0.39, 0.29) is 11.8 Å². The first-order valence-electron chi connectivity index (χ1n) is 10.1. The summed E-state index contributed by atoms with van der Waals surface area (Å²) in [6.45, 7) is 11.2. The van der Waals surface area contributed by atoms with Gasteiger partial charge in [0, 0.05) is 18.3 Å². The summed E-state index contributed by atoms with van der Waals surface area (Å²) in [5, 5.41) is 5.37. The summed E-state index contributed by atoms with van der Waals surface area (Å²) in [7, 11) is 0. The van der Waals surface area contributed by atoms with Crippen LogP contribution in [0.1, 0.15) is 74.9 Å². The maximum atomic E-state index is 12.7. The molecule has 2 aromatic carbocycles. The van der Waals surface area contributed by atoms with E-state index in [4.69, 9.17) is 4.74 Å². The molecule has 0 aliphatic rings. The predicted octanol–water partition coefficient (Wildman–Crippen LogP) is 5.08. The molecule has 0 aliphatic heterocycles. The topological polar surface area (TPSA) is 84.5 Å². The Morgan fingerprint density at radius 3 is 1.87 bits per heavy atom. The zero-order valence-electron chi connectivity index (χ0n) is 18.4. The van der Waals surface area contributed by atoms with Crippen LogP contribution >= 0.6 is 0 Å². The number of hydrogen-bond donors (Lipinski definition) is 2. The lowest BCUT2D eigenvalue weighted by molar-refractivity contribution is -0.123. The van der Waals surface area contributed by atoms with Gasteiger partial charge in [0.2, 0.25) is 5.91 Å². The van der Waals surface area contributed by atoms with Crippen LogP contribution in [0.4, 0.5) is 11.4 Å². The molecule has 2 N–H and O–H groups in total. The van der Waals surface area contributed by atoms with Crippen molar-refractivity contribution >= 4 is 29.2 Å². The quantitative estimate of drug-likeness (QED) is 0.624. The standard InChI is InChI=1S/C24H30N2O4/c1-14(2)18-7-12-21(22(13-18)15(3)4)24(29)30-16(5)23(28)26-20-10-8-19(9-11-20)25-17(6)27/h7-16H,1-6H3,(H,25,27)(H,26,28)/t16-/m0/s1. The Balaban J connectivity index is 2.06. The molecule has 0 unspecified atom stereocenters. The molecule has 6 nitrogen and oxygen atoms in total. The molecule has 0 radical (unpaired) electrons.